The van der Waals surface area contributed by atoms with Gasteiger partial charge in [-0.3, -0.25) is 0 Å². The molecule has 0 spiro atoms. The van der Waals surface area contributed by atoms with Gasteiger partial charge in [0.25, 0.3) is 0 Å². The molecule has 0 aliphatic rings. The van der Waals surface area contributed by atoms with E-state index in [2.05, 4.69) is 15.0 Å². The highest BCUT2D eigenvalue weighted by Crippen LogP contribution is 1.99. The molecule has 2 aromatic rings. The Hall–Kier alpha value is -2.22. The van der Waals surface area contributed by atoms with Gasteiger partial charge in [-0.1, -0.05) is 0 Å². The number of imidazole rings is 1. The summed E-state index contributed by atoms with van der Waals surface area (Å²) in [5, 5.41) is 8.71. The maximum atomic E-state index is 8.71. The molecule has 5 nitrogen and oxygen atoms in total. The standard InChI is InChI=1S/C9H7N5/c10-6-9-13-4-5-14(9)7-8-11-2-1-3-12-8/h1-5H,7H2. The van der Waals surface area contributed by atoms with Crippen LogP contribution >= 0.6 is 0 Å². The van der Waals surface area contributed by atoms with Crippen LogP contribution in [0.25, 0.3) is 0 Å². The highest BCUT2D eigenvalue weighted by molar-refractivity contribution is 5.12. The van der Waals surface area contributed by atoms with E-state index in [1.807, 2.05) is 6.07 Å². The van der Waals surface area contributed by atoms with Crippen molar-refractivity contribution in [2.45, 2.75) is 6.54 Å². The molecule has 68 valence electrons. The normalized spacial score (nSPS) is 9.64. The number of rotatable bonds is 2. The second kappa shape index (κ2) is 3.66. The van der Waals surface area contributed by atoms with Gasteiger partial charge in [-0.05, 0) is 6.07 Å². The van der Waals surface area contributed by atoms with Gasteiger partial charge in [0.1, 0.15) is 11.9 Å². The first-order valence-corrected chi connectivity index (χ1v) is 4.07. The molecule has 0 saturated carbocycles. The number of hydrogen-bond acceptors (Lipinski definition) is 4. The average molecular weight is 185 g/mol. The molecule has 5 heteroatoms. The van der Waals surface area contributed by atoms with Crippen molar-refractivity contribution in [2.24, 2.45) is 0 Å². The van der Waals surface area contributed by atoms with Crippen LogP contribution < -0.4 is 0 Å². The van der Waals surface area contributed by atoms with Gasteiger partial charge in [0.05, 0.1) is 6.54 Å². The maximum absolute atomic E-state index is 8.71. The number of aromatic nitrogens is 4. The Morgan fingerprint density at radius 1 is 1.21 bits per heavy atom. The molecule has 0 N–H and O–H groups in total. The van der Waals surface area contributed by atoms with E-state index in [-0.39, 0.29) is 0 Å². The van der Waals surface area contributed by atoms with Crippen LogP contribution in [0.1, 0.15) is 11.6 Å². The van der Waals surface area contributed by atoms with Crippen molar-refractivity contribution in [3.05, 3.63) is 42.5 Å². The van der Waals surface area contributed by atoms with Crippen molar-refractivity contribution < 1.29 is 0 Å². The largest absolute Gasteiger partial charge is 0.315 e. The van der Waals surface area contributed by atoms with Crippen molar-refractivity contribution in [1.29, 1.82) is 5.26 Å². The monoisotopic (exact) mass is 185 g/mol. The molecule has 0 atom stereocenters. The summed E-state index contributed by atoms with van der Waals surface area (Å²) in [4.78, 5) is 12.0. The summed E-state index contributed by atoms with van der Waals surface area (Å²) >= 11 is 0. The average Bonchev–Trinajstić information content (AvgIpc) is 2.67. The van der Waals surface area contributed by atoms with Crippen LogP contribution in [0.5, 0.6) is 0 Å². The first-order valence-electron chi connectivity index (χ1n) is 4.07. The van der Waals surface area contributed by atoms with Crippen LogP contribution in [0, 0.1) is 11.3 Å². The molecule has 2 heterocycles. The van der Waals surface area contributed by atoms with E-state index in [0.717, 1.165) is 0 Å². The zero-order valence-corrected chi connectivity index (χ0v) is 7.33. The summed E-state index contributed by atoms with van der Waals surface area (Å²) in [7, 11) is 0. The molecule has 14 heavy (non-hydrogen) atoms. The van der Waals surface area contributed by atoms with Crippen LogP contribution in [0.2, 0.25) is 0 Å². The zero-order valence-electron chi connectivity index (χ0n) is 7.33. The lowest BCUT2D eigenvalue weighted by Gasteiger charge is -2.00. The van der Waals surface area contributed by atoms with Crippen molar-refractivity contribution >= 4 is 0 Å². The highest BCUT2D eigenvalue weighted by Gasteiger charge is 2.02. The lowest BCUT2D eigenvalue weighted by Crippen LogP contribution is -2.04. The van der Waals surface area contributed by atoms with Crippen LogP contribution in [0.15, 0.2) is 30.9 Å². The fourth-order valence-electron chi connectivity index (χ4n) is 1.11. The Bertz CT molecular complexity index is 454. The number of hydrogen-bond donors (Lipinski definition) is 0. The van der Waals surface area contributed by atoms with E-state index >= 15 is 0 Å². The second-order valence-electron chi connectivity index (χ2n) is 2.66. The van der Waals surface area contributed by atoms with Gasteiger partial charge in [-0.25, -0.2) is 15.0 Å². The van der Waals surface area contributed by atoms with Crippen LogP contribution in [-0.4, -0.2) is 19.5 Å². The molecule has 2 rings (SSSR count). The van der Waals surface area contributed by atoms with E-state index in [4.69, 9.17) is 5.26 Å². The zero-order chi connectivity index (χ0) is 9.80. The van der Waals surface area contributed by atoms with E-state index in [0.29, 0.717) is 18.2 Å². The molecule has 0 fully saturated rings. The molecule has 0 amide bonds. The molecule has 0 aliphatic heterocycles. The van der Waals surface area contributed by atoms with Crippen molar-refractivity contribution in [3.8, 4) is 6.07 Å². The molecule has 0 radical (unpaired) electrons. The Balaban J connectivity index is 2.24. The minimum absolute atomic E-state index is 0.373. The minimum Gasteiger partial charge on any atom is -0.315 e. The fraction of sp³-hybridized carbons (Fsp3) is 0.111. The summed E-state index contributed by atoms with van der Waals surface area (Å²) in [5.41, 5.74) is 0. The Kier molecular flexibility index (Phi) is 2.19. The van der Waals surface area contributed by atoms with Crippen molar-refractivity contribution in [3.63, 3.8) is 0 Å². The predicted molar refractivity (Wildman–Crippen MR) is 48.1 cm³/mol. The predicted octanol–water partition coefficient (Wildman–Crippen LogP) is 0.593. The highest BCUT2D eigenvalue weighted by atomic mass is 15.1. The topological polar surface area (TPSA) is 67.4 Å². The Morgan fingerprint density at radius 3 is 2.71 bits per heavy atom. The summed E-state index contributed by atoms with van der Waals surface area (Å²) in [6, 6.07) is 3.74. The lowest BCUT2D eigenvalue weighted by molar-refractivity contribution is 0.732. The molecule has 0 saturated heterocycles. The third-order valence-corrected chi connectivity index (χ3v) is 1.75. The lowest BCUT2D eigenvalue weighted by atomic mass is 10.5. The van der Waals surface area contributed by atoms with Crippen molar-refractivity contribution in [1.82, 2.24) is 19.5 Å². The molecule has 0 unspecified atom stereocenters. The first kappa shape index (κ1) is 8.38. The Labute approximate surface area is 80.7 Å². The van der Waals surface area contributed by atoms with Gasteiger partial charge in [-0.15, -0.1) is 0 Å². The third-order valence-electron chi connectivity index (χ3n) is 1.75. The third kappa shape index (κ3) is 1.59. The molecule has 0 bridgehead atoms. The van der Waals surface area contributed by atoms with Gasteiger partial charge < -0.3 is 4.57 Å². The van der Waals surface area contributed by atoms with Gasteiger partial charge >= 0.3 is 0 Å². The second-order valence-corrected chi connectivity index (χ2v) is 2.66. The SMILES string of the molecule is N#Cc1nccn1Cc1ncccn1. The van der Waals surface area contributed by atoms with Crippen LogP contribution in [0.3, 0.4) is 0 Å². The quantitative estimate of drug-likeness (QED) is 0.686. The molecule has 0 aromatic carbocycles. The van der Waals surface area contributed by atoms with Gasteiger partial charge in [0.15, 0.2) is 0 Å². The van der Waals surface area contributed by atoms with E-state index < -0.39 is 0 Å². The van der Waals surface area contributed by atoms with E-state index in [9.17, 15) is 0 Å². The molecular weight excluding hydrogens is 178 g/mol. The number of nitrogens with zero attached hydrogens (tertiary/aromatic N) is 5. The summed E-state index contributed by atoms with van der Waals surface area (Å²) in [5.74, 6) is 1.04. The Morgan fingerprint density at radius 2 is 2.00 bits per heavy atom. The first-order chi connectivity index (χ1) is 6.90. The smallest absolute Gasteiger partial charge is 0.213 e. The van der Waals surface area contributed by atoms with Crippen molar-refractivity contribution in [2.75, 3.05) is 0 Å². The summed E-state index contributed by atoms with van der Waals surface area (Å²) in [6.07, 6.45) is 6.66. The summed E-state index contributed by atoms with van der Waals surface area (Å²) < 4.78 is 1.70. The fourth-order valence-corrected chi connectivity index (χ4v) is 1.11. The van der Waals surface area contributed by atoms with Crippen LogP contribution in [0.4, 0.5) is 0 Å². The molecule has 2 aromatic heterocycles. The number of nitriles is 1. The van der Waals surface area contributed by atoms with Gasteiger partial charge in [0.2, 0.25) is 5.82 Å². The van der Waals surface area contributed by atoms with E-state index in [1.165, 1.54) is 0 Å². The van der Waals surface area contributed by atoms with Gasteiger partial charge in [0, 0.05) is 24.8 Å². The van der Waals surface area contributed by atoms with Crippen LogP contribution in [-0.2, 0) is 6.54 Å². The summed E-state index contributed by atoms with van der Waals surface area (Å²) in [6.45, 7) is 0.476. The van der Waals surface area contributed by atoms with Gasteiger partial charge in [-0.2, -0.15) is 5.26 Å². The molecular formula is C9H7N5. The minimum atomic E-state index is 0.373. The van der Waals surface area contributed by atoms with E-state index in [1.54, 1.807) is 35.4 Å². The molecule has 0 aliphatic carbocycles. The maximum Gasteiger partial charge on any atom is 0.213 e.